The molecule has 1 rings (SSSR count). The lowest BCUT2D eigenvalue weighted by Crippen LogP contribution is -2.47. The number of carbonyl (C=O) groups excluding carboxylic acids is 1. The third-order valence-electron chi connectivity index (χ3n) is 2.49. The highest BCUT2D eigenvalue weighted by atomic mass is 16.3. The standard InChI is InChI=1S/C13H20N2O2/c1-5-15(13(2,3)4)12(17)14-10-6-8-11(16)9-7-10/h6-9,16H,5H2,1-4H3,(H,14,17). The molecule has 4 nitrogen and oxygen atoms in total. The molecule has 1 aromatic carbocycles. The second-order valence-corrected chi connectivity index (χ2v) is 4.89. The van der Waals surface area contributed by atoms with Crippen LogP contribution in [-0.2, 0) is 0 Å². The van der Waals surface area contributed by atoms with Crippen LogP contribution in [0.4, 0.5) is 10.5 Å². The molecule has 94 valence electrons. The molecular formula is C13H20N2O2. The van der Waals surface area contributed by atoms with Crippen molar-refractivity contribution in [3.05, 3.63) is 24.3 Å². The van der Waals surface area contributed by atoms with Crippen molar-refractivity contribution in [1.29, 1.82) is 0 Å². The molecule has 0 saturated carbocycles. The predicted molar refractivity (Wildman–Crippen MR) is 69.3 cm³/mol. The van der Waals surface area contributed by atoms with Gasteiger partial charge in [-0.05, 0) is 52.0 Å². The minimum atomic E-state index is -0.213. The van der Waals surface area contributed by atoms with Crippen molar-refractivity contribution in [3.63, 3.8) is 0 Å². The van der Waals surface area contributed by atoms with Crippen LogP contribution in [0.25, 0.3) is 0 Å². The van der Waals surface area contributed by atoms with E-state index in [0.717, 1.165) is 0 Å². The van der Waals surface area contributed by atoms with Gasteiger partial charge in [-0.25, -0.2) is 4.79 Å². The molecule has 0 radical (unpaired) electrons. The van der Waals surface area contributed by atoms with Gasteiger partial charge >= 0.3 is 6.03 Å². The summed E-state index contributed by atoms with van der Waals surface area (Å²) in [6.07, 6.45) is 0. The number of aromatic hydroxyl groups is 1. The summed E-state index contributed by atoms with van der Waals surface area (Å²) in [5, 5.41) is 12.0. The van der Waals surface area contributed by atoms with Gasteiger partial charge in [0, 0.05) is 17.8 Å². The Morgan fingerprint density at radius 2 is 1.82 bits per heavy atom. The van der Waals surface area contributed by atoms with Crippen molar-refractivity contribution < 1.29 is 9.90 Å². The van der Waals surface area contributed by atoms with Crippen molar-refractivity contribution in [2.24, 2.45) is 0 Å². The number of nitrogens with one attached hydrogen (secondary N) is 1. The molecule has 0 aliphatic carbocycles. The third-order valence-corrected chi connectivity index (χ3v) is 2.49. The number of phenols is 1. The summed E-state index contributed by atoms with van der Waals surface area (Å²) in [6, 6.07) is 6.30. The van der Waals surface area contributed by atoms with Crippen LogP contribution in [0.1, 0.15) is 27.7 Å². The fourth-order valence-electron chi connectivity index (χ4n) is 1.66. The van der Waals surface area contributed by atoms with Crippen molar-refractivity contribution in [2.45, 2.75) is 33.2 Å². The molecule has 0 unspecified atom stereocenters. The lowest BCUT2D eigenvalue weighted by Gasteiger charge is -2.34. The van der Waals surface area contributed by atoms with E-state index >= 15 is 0 Å². The monoisotopic (exact) mass is 236 g/mol. The van der Waals surface area contributed by atoms with Crippen LogP contribution in [0.3, 0.4) is 0 Å². The molecule has 0 atom stereocenters. The van der Waals surface area contributed by atoms with Crippen LogP contribution in [0.2, 0.25) is 0 Å². The first kappa shape index (κ1) is 13.4. The summed E-state index contributed by atoms with van der Waals surface area (Å²) in [5.41, 5.74) is 0.464. The van der Waals surface area contributed by atoms with Crippen LogP contribution in [0.5, 0.6) is 5.75 Å². The number of carbonyl (C=O) groups is 1. The highest BCUT2D eigenvalue weighted by Crippen LogP contribution is 2.17. The Bertz CT molecular complexity index is 379. The van der Waals surface area contributed by atoms with Crippen molar-refractivity contribution in [2.75, 3.05) is 11.9 Å². The van der Waals surface area contributed by atoms with E-state index in [1.807, 2.05) is 27.7 Å². The highest BCUT2D eigenvalue weighted by Gasteiger charge is 2.24. The maximum atomic E-state index is 12.0. The highest BCUT2D eigenvalue weighted by molar-refractivity contribution is 5.89. The summed E-state index contributed by atoms with van der Waals surface area (Å²) in [6.45, 7) is 8.57. The zero-order valence-electron chi connectivity index (χ0n) is 10.8. The van der Waals surface area contributed by atoms with Gasteiger partial charge in [0.2, 0.25) is 0 Å². The second-order valence-electron chi connectivity index (χ2n) is 4.89. The number of urea groups is 1. The number of amides is 2. The van der Waals surface area contributed by atoms with Crippen molar-refractivity contribution in [3.8, 4) is 5.75 Å². The van der Waals surface area contributed by atoms with Gasteiger partial charge in [-0.15, -0.1) is 0 Å². The van der Waals surface area contributed by atoms with E-state index in [-0.39, 0.29) is 17.3 Å². The first-order valence-corrected chi connectivity index (χ1v) is 5.72. The first-order valence-electron chi connectivity index (χ1n) is 5.72. The molecule has 17 heavy (non-hydrogen) atoms. The number of nitrogens with zero attached hydrogens (tertiary/aromatic N) is 1. The van der Waals surface area contributed by atoms with Gasteiger partial charge < -0.3 is 15.3 Å². The molecule has 0 heterocycles. The fraction of sp³-hybridized carbons (Fsp3) is 0.462. The SMILES string of the molecule is CCN(C(=O)Nc1ccc(O)cc1)C(C)(C)C. The molecule has 4 heteroatoms. The number of anilines is 1. The molecule has 2 amide bonds. The number of phenolic OH excluding ortho intramolecular Hbond substituents is 1. The number of hydrogen-bond acceptors (Lipinski definition) is 2. The second kappa shape index (κ2) is 5.08. The molecule has 1 aromatic rings. The molecule has 0 fully saturated rings. The van der Waals surface area contributed by atoms with Gasteiger partial charge in [0.1, 0.15) is 5.75 Å². The van der Waals surface area contributed by atoms with Gasteiger partial charge in [0.15, 0.2) is 0 Å². The number of rotatable bonds is 2. The average Bonchev–Trinajstić information content (AvgIpc) is 2.20. The first-order chi connectivity index (χ1) is 7.84. The molecule has 0 bridgehead atoms. The van der Waals surface area contributed by atoms with Gasteiger partial charge in [0.25, 0.3) is 0 Å². The largest absolute Gasteiger partial charge is 0.508 e. The summed E-state index contributed by atoms with van der Waals surface area (Å²) < 4.78 is 0. The van der Waals surface area contributed by atoms with Crippen molar-refractivity contribution >= 4 is 11.7 Å². The molecule has 0 aromatic heterocycles. The molecular weight excluding hydrogens is 216 g/mol. The average molecular weight is 236 g/mol. The lowest BCUT2D eigenvalue weighted by atomic mass is 10.1. The van der Waals surface area contributed by atoms with Gasteiger partial charge in [-0.3, -0.25) is 0 Å². The van der Waals surface area contributed by atoms with Crippen LogP contribution in [0.15, 0.2) is 24.3 Å². The lowest BCUT2D eigenvalue weighted by molar-refractivity contribution is 0.162. The van der Waals surface area contributed by atoms with Gasteiger partial charge in [-0.2, -0.15) is 0 Å². The van der Waals surface area contributed by atoms with E-state index in [9.17, 15) is 4.79 Å². The van der Waals surface area contributed by atoms with Crippen LogP contribution < -0.4 is 5.32 Å². The van der Waals surface area contributed by atoms with Crippen LogP contribution >= 0.6 is 0 Å². The summed E-state index contributed by atoms with van der Waals surface area (Å²) in [7, 11) is 0. The van der Waals surface area contributed by atoms with E-state index in [1.165, 1.54) is 0 Å². The molecule has 2 N–H and O–H groups in total. The Hall–Kier alpha value is -1.71. The third kappa shape index (κ3) is 3.66. The summed E-state index contributed by atoms with van der Waals surface area (Å²) in [5.74, 6) is 0.186. The number of benzene rings is 1. The topological polar surface area (TPSA) is 52.6 Å². The normalized spacial score (nSPS) is 11.1. The quantitative estimate of drug-likeness (QED) is 0.775. The molecule has 0 saturated heterocycles. The number of hydrogen-bond donors (Lipinski definition) is 2. The van der Waals surface area contributed by atoms with Crippen LogP contribution in [-0.4, -0.2) is 28.1 Å². The van der Waals surface area contributed by atoms with Crippen molar-refractivity contribution in [1.82, 2.24) is 4.90 Å². The molecule has 0 aliphatic heterocycles. The molecule has 0 aliphatic rings. The Morgan fingerprint density at radius 1 is 1.29 bits per heavy atom. The minimum Gasteiger partial charge on any atom is -0.508 e. The Morgan fingerprint density at radius 3 is 2.24 bits per heavy atom. The molecule has 0 spiro atoms. The van der Waals surface area contributed by atoms with E-state index in [0.29, 0.717) is 12.2 Å². The Kier molecular flexibility index (Phi) is 3.99. The van der Waals surface area contributed by atoms with E-state index in [2.05, 4.69) is 5.32 Å². The zero-order chi connectivity index (χ0) is 13.1. The van der Waals surface area contributed by atoms with E-state index in [1.54, 1.807) is 29.2 Å². The van der Waals surface area contributed by atoms with E-state index in [4.69, 9.17) is 5.11 Å². The van der Waals surface area contributed by atoms with Gasteiger partial charge in [-0.1, -0.05) is 0 Å². The van der Waals surface area contributed by atoms with E-state index < -0.39 is 0 Å². The smallest absolute Gasteiger partial charge is 0.322 e. The maximum Gasteiger partial charge on any atom is 0.322 e. The summed E-state index contributed by atoms with van der Waals surface area (Å²) >= 11 is 0. The summed E-state index contributed by atoms with van der Waals surface area (Å²) in [4.78, 5) is 13.8. The minimum absolute atomic E-state index is 0.134. The predicted octanol–water partition coefficient (Wildman–Crippen LogP) is 3.04. The maximum absolute atomic E-state index is 12.0. The fourth-order valence-corrected chi connectivity index (χ4v) is 1.66. The Labute approximate surface area is 102 Å². The zero-order valence-corrected chi connectivity index (χ0v) is 10.8. The van der Waals surface area contributed by atoms with Crippen LogP contribution in [0, 0.1) is 0 Å². The Balaban J connectivity index is 2.74. The van der Waals surface area contributed by atoms with Gasteiger partial charge in [0.05, 0.1) is 0 Å².